The first kappa shape index (κ1) is 16.4. The van der Waals surface area contributed by atoms with Gasteiger partial charge >= 0.3 is 0 Å². The second-order valence-corrected chi connectivity index (χ2v) is 7.17. The average Bonchev–Trinajstić information content (AvgIpc) is 3.01. The molecule has 126 valence electrons. The van der Waals surface area contributed by atoms with Crippen LogP contribution in [0.25, 0.3) is 11.0 Å². The summed E-state index contributed by atoms with van der Waals surface area (Å²) >= 11 is 0. The summed E-state index contributed by atoms with van der Waals surface area (Å²) in [6, 6.07) is 6.30. The number of hydrogen-bond donors (Lipinski definition) is 2. The molecule has 2 N–H and O–H groups in total. The molecule has 0 radical (unpaired) electrons. The van der Waals surface area contributed by atoms with Gasteiger partial charge in [-0.1, -0.05) is 6.92 Å². The van der Waals surface area contributed by atoms with Gasteiger partial charge in [-0.2, -0.15) is 0 Å². The lowest BCUT2D eigenvalue weighted by Gasteiger charge is -2.39. The normalized spacial score (nSPS) is 17.9. The second kappa shape index (κ2) is 6.99. The van der Waals surface area contributed by atoms with E-state index in [1.165, 1.54) is 38.1 Å². The number of fused-ring (bicyclic) bond motifs is 1. The molecular weight excluding hydrogens is 286 g/mol. The third-order valence-corrected chi connectivity index (χ3v) is 4.75. The molecule has 0 atom stereocenters. The molecule has 3 rings (SSSR count). The molecule has 1 aliphatic heterocycles. The highest BCUT2D eigenvalue weighted by atomic mass is 15.3. The third kappa shape index (κ3) is 4.31. The molecule has 0 aromatic carbocycles. The number of rotatable bonds is 6. The molecule has 2 aromatic heterocycles. The van der Waals surface area contributed by atoms with E-state index in [4.69, 9.17) is 0 Å². The van der Waals surface area contributed by atoms with Crippen molar-refractivity contribution in [3.05, 3.63) is 30.1 Å². The minimum atomic E-state index is 0.0841. The number of piperazine rings is 1. The zero-order chi connectivity index (χ0) is 16.3. The van der Waals surface area contributed by atoms with Gasteiger partial charge in [-0.3, -0.25) is 4.90 Å². The summed E-state index contributed by atoms with van der Waals surface area (Å²) in [5.41, 5.74) is 2.14. The molecule has 0 bridgehead atoms. The van der Waals surface area contributed by atoms with E-state index in [0.29, 0.717) is 0 Å². The number of aromatic nitrogens is 2. The van der Waals surface area contributed by atoms with Gasteiger partial charge in [0.2, 0.25) is 0 Å². The van der Waals surface area contributed by atoms with Crippen molar-refractivity contribution in [2.24, 2.45) is 0 Å². The molecule has 1 aliphatic rings. The molecule has 0 saturated carbocycles. The van der Waals surface area contributed by atoms with Gasteiger partial charge in [0.1, 0.15) is 5.65 Å². The van der Waals surface area contributed by atoms with E-state index >= 15 is 0 Å². The number of likely N-dealkylation sites (N-methyl/N-ethyl adjacent to an activating group) is 1. The predicted octanol–water partition coefficient (Wildman–Crippen LogP) is 2.07. The Hall–Kier alpha value is -1.43. The molecule has 3 heterocycles. The molecule has 1 fully saturated rings. The summed E-state index contributed by atoms with van der Waals surface area (Å²) in [5, 5.41) is 4.84. The largest absolute Gasteiger partial charge is 0.346 e. The highest BCUT2D eigenvalue weighted by Crippen LogP contribution is 2.13. The van der Waals surface area contributed by atoms with Crippen molar-refractivity contribution in [3.8, 4) is 0 Å². The topological polar surface area (TPSA) is 47.2 Å². The molecule has 5 nitrogen and oxygen atoms in total. The van der Waals surface area contributed by atoms with Gasteiger partial charge in [0.25, 0.3) is 0 Å². The minimum Gasteiger partial charge on any atom is -0.346 e. The van der Waals surface area contributed by atoms with Gasteiger partial charge in [0, 0.05) is 56.4 Å². The van der Waals surface area contributed by atoms with Crippen LogP contribution < -0.4 is 5.32 Å². The lowest BCUT2D eigenvalue weighted by Crippen LogP contribution is -2.54. The van der Waals surface area contributed by atoms with E-state index in [0.717, 1.165) is 24.4 Å². The Morgan fingerprint density at radius 1 is 1.13 bits per heavy atom. The van der Waals surface area contributed by atoms with Crippen molar-refractivity contribution < 1.29 is 0 Å². The number of H-pyrrole nitrogens is 1. The summed E-state index contributed by atoms with van der Waals surface area (Å²) in [7, 11) is 0. The van der Waals surface area contributed by atoms with Gasteiger partial charge in [0.05, 0.1) is 5.69 Å². The number of aromatic amines is 1. The van der Waals surface area contributed by atoms with Gasteiger partial charge in [-0.25, -0.2) is 4.98 Å². The lowest BCUT2D eigenvalue weighted by molar-refractivity contribution is 0.111. The highest BCUT2D eigenvalue weighted by molar-refractivity contribution is 5.75. The fourth-order valence-corrected chi connectivity index (χ4v) is 3.28. The Morgan fingerprint density at radius 2 is 1.87 bits per heavy atom. The smallest absolute Gasteiger partial charge is 0.137 e. The Labute approximate surface area is 139 Å². The van der Waals surface area contributed by atoms with E-state index in [1.54, 1.807) is 0 Å². The summed E-state index contributed by atoms with van der Waals surface area (Å²) in [5.74, 6) is 0. The fourth-order valence-electron chi connectivity index (χ4n) is 3.28. The maximum atomic E-state index is 4.67. The summed E-state index contributed by atoms with van der Waals surface area (Å²) in [6.07, 6.45) is 1.94. The molecule has 0 aliphatic carbocycles. The summed E-state index contributed by atoms with van der Waals surface area (Å²) in [4.78, 5) is 12.9. The van der Waals surface area contributed by atoms with Crippen LogP contribution in [0.3, 0.4) is 0 Å². The molecule has 0 amide bonds. The van der Waals surface area contributed by atoms with Crippen LogP contribution in [0.4, 0.5) is 0 Å². The highest BCUT2D eigenvalue weighted by Gasteiger charge is 2.24. The average molecular weight is 315 g/mol. The van der Waals surface area contributed by atoms with E-state index in [9.17, 15) is 0 Å². The summed E-state index contributed by atoms with van der Waals surface area (Å²) in [6.45, 7) is 14.6. The van der Waals surface area contributed by atoms with Crippen molar-refractivity contribution in [2.45, 2.75) is 32.9 Å². The lowest BCUT2D eigenvalue weighted by atomic mass is 10.0. The van der Waals surface area contributed by atoms with Crippen LogP contribution in [0.2, 0.25) is 0 Å². The zero-order valence-corrected chi connectivity index (χ0v) is 14.6. The van der Waals surface area contributed by atoms with Crippen LogP contribution in [0.1, 0.15) is 26.5 Å². The molecule has 23 heavy (non-hydrogen) atoms. The number of nitrogens with zero attached hydrogens (tertiary/aromatic N) is 3. The van der Waals surface area contributed by atoms with Crippen molar-refractivity contribution in [3.63, 3.8) is 0 Å². The second-order valence-electron chi connectivity index (χ2n) is 7.17. The van der Waals surface area contributed by atoms with Gasteiger partial charge in [-0.05, 0) is 38.6 Å². The van der Waals surface area contributed by atoms with Gasteiger partial charge < -0.3 is 15.2 Å². The van der Waals surface area contributed by atoms with E-state index in [1.807, 2.05) is 6.20 Å². The monoisotopic (exact) mass is 315 g/mol. The molecule has 5 heteroatoms. The van der Waals surface area contributed by atoms with E-state index < -0.39 is 0 Å². The van der Waals surface area contributed by atoms with Crippen LogP contribution >= 0.6 is 0 Å². The van der Waals surface area contributed by atoms with Crippen molar-refractivity contribution in [1.29, 1.82) is 0 Å². The standard InChI is InChI=1S/C18H29N5/c1-4-22-9-11-23(12-10-22)14-18(2,3)20-13-16-6-5-15-7-8-19-17(15)21-16/h5-8,20H,4,9-14H2,1-3H3,(H,19,21). The van der Waals surface area contributed by atoms with E-state index in [2.05, 4.69) is 64.1 Å². The minimum absolute atomic E-state index is 0.0841. The molecule has 0 unspecified atom stereocenters. The third-order valence-electron chi connectivity index (χ3n) is 4.75. The number of nitrogens with one attached hydrogen (secondary N) is 2. The predicted molar refractivity (Wildman–Crippen MR) is 95.6 cm³/mol. The van der Waals surface area contributed by atoms with Crippen LogP contribution in [-0.2, 0) is 6.54 Å². The quantitative estimate of drug-likeness (QED) is 0.857. The maximum absolute atomic E-state index is 4.67. The fraction of sp³-hybridized carbons (Fsp3) is 0.611. The van der Waals surface area contributed by atoms with Crippen molar-refractivity contribution >= 4 is 11.0 Å². The first-order chi connectivity index (χ1) is 11.1. The SMILES string of the molecule is CCN1CCN(CC(C)(C)NCc2ccc3cc[nH]c3n2)CC1. The van der Waals surface area contributed by atoms with Crippen molar-refractivity contribution in [2.75, 3.05) is 39.3 Å². The Kier molecular flexibility index (Phi) is 4.99. The molecular formula is C18H29N5. The zero-order valence-electron chi connectivity index (χ0n) is 14.6. The maximum Gasteiger partial charge on any atom is 0.137 e. The van der Waals surface area contributed by atoms with Crippen LogP contribution in [0.5, 0.6) is 0 Å². The van der Waals surface area contributed by atoms with Crippen molar-refractivity contribution in [1.82, 2.24) is 25.1 Å². The van der Waals surface area contributed by atoms with Crippen LogP contribution in [0, 0.1) is 0 Å². The first-order valence-electron chi connectivity index (χ1n) is 8.68. The van der Waals surface area contributed by atoms with E-state index in [-0.39, 0.29) is 5.54 Å². The Balaban J connectivity index is 1.51. The van der Waals surface area contributed by atoms with Crippen LogP contribution in [0.15, 0.2) is 24.4 Å². The van der Waals surface area contributed by atoms with Gasteiger partial charge in [-0.15, -0.1) is 0 Å². The summed E-state index contributed by atoms with van der Waals surface area (Å²) < 4.78 is 0. The number of hydrogen-bond acceptors (Lipinski definition) is 4. The molecule has 0 spiro atoms. The van der Waals surface area contributed by atoms with Crippen LogP contribution in [-0.4, -0.2) is 64.6 Å². The van der Waals surface area contributed by atoms with Gasteiger partial charge in [0.15, 0.2) is 0 Å². The molecule has 1 saturated heterocycles. The Morgan fingerprint density at radius 3 is 2.61 bits per heavy atom. The first-order valence-corrected chi connectivity index (χ1v) is 8.68. The number of pyridine rings is 1. The molecule has 2 aromatic rings. The Bertz CT molecular complexity index is 625.